The molecule has 13 nitrogen and oxygen atoms in total. The zero-order valence-corrected chi connectivity index (χ0v) is 31.5. The molecule has 14 heteroatoms. The number of halogens is 1. The molecule has 0 radical (unpaired) electrons. The fraction of sp³-hybridized carbons (Fsp3) is 0.439. The number of imidazole rings is 1. The van der Waals surface area contributed by atoms with Crippen molar-refractivity contribution in [2.45, 2.75) is 69.5 Å². The minimum atomic E-state index is -0.702. The normalized spacial score (nSPS) is 21.0. The number of nitrogens with zero attached hydrogens (tertiary/aromatic N) is 6. The summed E-state index contributed by atoms with van der Waals surface area (Å²) < 4.78 is 24.2. The highest BCUT2D eigenvalue weighted by Gasteiger charge is 2.33. The van der Waals surface area contributed by atoms with Crippen molar-refractivity contribution in [3.05, 3.63) is 82.7 Å². The van der Waals surface area contributed by atoms with E-state index >= 15 is 0 Å². The maximum Gasteiger partial charge on any atom is 0.329 e. The molecule has 55 heavy (non-hydrogen) atoms. The molecule has 1 atom stereocenters. The van der Waals surface area contributed by atoms with E-state index in [1.54, 1.807) is 23.3 Å². The average molecular weight is 751 g/mol. The number of hydrogen-bond donors (Lipinski definition) is 2. The Hall–Kier alpha value is -5.50. The lowest BCUT2D eigenvalue weighted by Crippen LogP contribution is -2.45. The Morgan fingerprint density at radius 1 is 1.00 bits per heavy atom. The molecular weight excluding hydrogens is 704 g/mol. The van der Waals surface area contributed by atoms with E-state index in [9.17, 15) is 23.6 Å². The second-order valence-corrected chi connectivity index (χ2v) is 15.3. The van der Waals surface area contributed by atoms with Gasteiger partial charge in [0.1, 0.15) is 17.6 Å². The first kappa shape index (κ1) is 36.5. The first-order valence-corrected chi connectivity index (χ1v) is 19.2. The molecule has 0 spiro atoms. The van der Waals surface area contributed by atoms with Crippen LogP contribution in [0.1, 0.15) is 73.8 Å². The van der Waals surface area contributed by atoms with Gasteiger partial charge in [-0.05, 0) is 100 Å². The molecular formula is C41H47FN8O5. The van der Waals surface area contributed by atoms with Crippen molar-refractivity contribution < 1.29 is 23.5 Å². The highest BCUT2D eigenvalue weighted by molar-refractivity contribution is 6.06. The number of anilines is 2. The number of rotatable bonds is 9. The summed E-state index contributed by atoms with van der Waals surface area (Å²) in [6.07, 6.45) is 8.92. The van der Waals surface area contributed by atoms with Gasteiger partial charge in [-0.3, -0.25) is 33.5 Å². The number of para-hydroxylation sites is 1. The molecule has 0 bridgehead atoms. The van der Waals surface area contributed by atoms with Crippen molar-refractivity contribution in [1.82, 2.24) is 29.1 Å². The van der Waals surface area contributed by atoms with Gasteiger partial charge in [-0.1, -0.05) is 6.07 Å². The molecule has 5 aromatic rings. The number of carbonyl (C=O) groups is 3. The smallest absolute Gasteiger partial charge is 0.329 e. The molecule has 4 heterocycles. The predicted molar refractivity (Wildman–Crippen MR) is 208 cm³/mol. The van der Waals surface area contributed by atoms with Gasteiger partial charge in [0.2, 0.25) is 11.8 Å². The topological polar surface area (TPSA) is 136 Å². The largest absolute Gasteiger partial charge is 0.494 e. The molecule has 1 saturated carbocycles. The van der Waals surface area contributed by atoms with Crippen LogP contribution in [-0.4, -0.2) is 81.4 Å². The van der Waals surface area contributed by atoms with Crippen molar-refractivity contribution in [1.29, 1.82) is 0 Å². The summed E-state index contributed by atoms with van der Waals surface area (Å²) in [6.45, 7) is 2.79. The second-order valence-electron chi connectivity index (χ2n) is 15.3. The minimum absolute atomic E-state index is 0.214. The van der Waals surface area contributed by atoms with Gasteiger partial charge >= 0.3 is 5.69 Å². The Balaban J connectivity index is 0.866. The van der Waals surface area contributed by atoms with Crippen molar-refractivity contribution in [2.75, 3.05) is 44.0 Å². The fourth-order valence-electron chi connectivity index (χ4n) is 8.92. The summed E-state index contributed by atoms with van der Waals surface area (Å²) in [5, 5.41) is 11.1. The standard InChI is InChI=1S/C41H47FN8O5/c1-46(29-17-19-48(20-18-29)33-5-4-6-34-38(33)47(2)41(54)50(34)35-15-16-37(51)44-40(35)53)23-25-7-13-30(14-8-25)49-24-27-21-32(36(55-3)22-31(27)45-49)43-39(52)26-9-11-28(42)12-10-26/h4-6,9-12,21-22,24-25,29-30,35H,7-8,13-20,23H2,1-3H3,(H,43,52)(H,44,51,53)/t25-,30-,35?. The number of aromatic nitrogens is 4. The lowest BCUT2D eigenvalue weighted by molar-refractivity contribution is -0.135. The first-order valence-electron chi connectivity index (χ1n) is 19.2. The summed E-state index contributed by atoms with van der Waals surface area (Å²) in [5.74, 6) is -0.348. The number of aryl methyl sites for hydroxylation is 1. The number of ether oxygens (including phenoxy) is 1. The van der Waals surface area contributed by atoms with Crippen LogP contribution in [0.2, 0.25) is 0 Å². The Labute approximate surface area is 318 Å². The third-order valence-corrected chi connectivity index (χ3v) is 12.0. The lowest BCUT2D eigenvalue weighted by atomic mass is 9.85. The van der Waals surface area contributed by atoms with Gasteiger partial charge in [0.05, 0.1) is 41.1 Å². The summed E-state index contributed by atoms with van der Waals surface area (Å²) in [4.78, 5) is 55.7. The summed E-state index contributed by atoms with van der Waals surface area (Å²) in [7, 11) is 5.56. The van der Waals surface area contributed by atoms with Crippen LogP contribution in [0, 0.1) is 11.7 Å². The van der Waals surface area contributed by atoms with Crippen molar-refractivity contribution >= 4 is 51.0 Å². The van der Waals surface area contributed by atoms with Crippen LogP contribution in [0.25, 0.3) is 21.9 Å². The van der Waals surface area contributed by atoms with Gasteiger partial charge in [0.25, 0.3) is 5.91 Å². The molecule has 1 unspecified atom stereocenters. The molecule has 2 saturated heterocycles. The van der Waals surface area contributed by atoms with Crippen LogP contribution in [-0.2, 0) is 16.6 Å². The fourth-order valence-corrected chi connectivity index (χ4v) is 8.92. The highest BCUT2D eigenvalue weighted by Crippen LogP contribution is 2.37. The van der Waals surface area contributed by atoms with Crippen molar-refractivity contribution in [3.8, 4) is 5.75 Å². The van der Waals surface area contributed by atoms with Crippen molar-refractivity contribution in [2.24, 2.45) is 13.0 Å². The summed E-state index contributed by atoms with van der Waals surface area (Å²) in [6, 6.07) is 15.1. The Morgan fingerprint density at radius 2 is 1.75 bits per heavy atom. The predicted octanol–water partition coefficient (Wildman–Crippen LogP) is 5.40. The van der Waals surface area contributed by atoms with Crippen LogP contribution in [0.15, 0.2) is 65.6 Å². The number of carbonyl (C=O) groups excluding carboxylic acids is 3. The zero-order chi connectivity index (χ0) is 38.4. The molecule has 3 aromatic carbocycles. The third kappa shape index (κ3) is 7.10. The quantitative estimate of drug-likeness (QED) is 0.191. The van der Waals surface area contributed by atoms with E-state index in [1.165, 1.54) is 24.3 Å². The second kappa shape index (κ2) is 15.0. The number of imide groups is 1. The number of piperidine rings is 2. The van der Waals surface area contributed by atoms with Crippen LogP contribution >= 0.6 is 0 Å². The molecule has 3 amide bonds. The monoisotopic (exact) mass is 750 g/mol. The van der Waals surface area contributed by atoms with E-state index in [0.29, 0.717) is 46.9 Å². The molecule has 8 rings (SSSR count). The van der Waals surface area contributed by atoms with Gasteiger partial charge in [0, 0.05) is 62.4 Å². The molecule has 2 aromatic heterocycles. The number of benzene rings is 3. The van der Waals surface area contributed by atoms with E-state index in [0.717, 1.165) is 80.3 Å². The SMILES string of the molecule is COc1cc2nn([C@H]3CC[C@H](CN(C)C4CCN(c5cccc6c5n(C)c(=O)n6C5CCC(=O)NC5=O)CC4)CC3)cc2cc1NC(=O)c1ccc(F)cc1. The Kier molecular flexibility index (Phi) is 9.93. The van der Waals surface area contributed by atoms with Crippen LogP contribution in [0.4, 0.5) is 15.8 Å². The molecule has 288 valence electrons. The molecule has 2 aliphatic heterocycles. The summed E-state index contributed by atoms with van der Waals surface area (Å²) >= 11 is 0. The zero-order valence-electron chi connectivity index (χ0n) is 31.5. The van der Waals surface area contributed by atoms with Gasteiger partial charge in [0.15, 0.2) is 0 Å². The van der Waals surface area contributed by atoms with Crippen LogP contribution in [0.5, 0.6) is 5.75 Å². The van der Waals surface area contributed by atoms with Gasteiger partial charge in [-0.25, -0.2) is 9.18 Å². The van der Waals surface area contributed by atoms with E-state index in [1.807, 2.05) is 24.3 Å². The molecule has 3 fully saturated rings. The van der Waals surface area contributed by atoms with Gasteiger partial charge in [-0.2, -0.15) is 5.10 Å². The molecule has 2 N–H and O–H groups in total. The Bertz CT molecular complexity index is 2310. The lowest BCUT2D eigenvalue weighted by Gasteiger charge is -2.40. The number of methoxy groups -OCH3 is 1. The first-order chi connectivity index (χ1) is 26.6. The van der Waals surface area contributed by atoms with Gasteiger partial charge in [-0.15, -0.1) is 0 Å². The third-order valence-electron chi connectivity index (χ3n) is 12.0. The Morgan fingerprint density at radius 3 is 2.45 bits per heavy atom. The maximum atomic E-state index is 13.4. The highest BCUT2D eigenvalue weighted by atomic mass is 19.1. The number of hydrogen-bond acceptors (Lipinski definition) is 8. The van der Waals surface area contributed by atoms with Crippen LogP contribution < -0.4 is 26.0 Å². The molecule has 3 aliphatic rings. The maximum absolute atomic E-state index is 13.4. The molecule has 1 aliphatic carbocycles. The number of amides is 3. The van der Waals surface area contributed by atoms with Crippen molar-refractivity contribution in [3.63, 3.8) is 0 Å². The van der Waals surface area contributed by atoms with Crippen LogP contribution in [0.3, 0.4) is 0 Å². The minimum Gasteiger partial charge on any atom is -0.494 e. The summed E-state index contributed by atoms with van der Waals surface area (Å²) in [5.41, 5.74) is 3.98. The number of nitrogens with one attached hydrogen (secondary N) is 2. The van der Waals surface area contributed by atoms with E-state index in [4.69, 9.17) is 9.84 Å². The van der Waals surface area contributed by atoms with E-state index in [-0.39, 0.29) is 23.9 Å². The average Bonchev–Trinajstić information content (AvgIpc) is 3.72. The van der Waals surface area contributed by atoms with Gasteiger partial charge < -0.3 is 19.9 Å². The van der Waals surface area contributed by atoms with E-state index < -0.39 is 17.8 Å². The van der Waals surface area contributed by atoms with E-state index in [2.05, 4.69) is 44.4 Å². The number of fused-ring (bicyclic) bond motifs is 2.